The molecule has 3 rings (SSSR count). The standard InChI is InChI=1S/C21H24N2O2.H2O4S/c1-15(22-23-20-13-11-19(12-14-20)21(24)25)16-7-9-18(10-8-16)17-5-3-2-4-6-17;1-5(2,3)4/h7-14,17,23H,2-6H2,1H3,(H,24,25);(H2,1,2,3,4)/b22-15-;. The number of nitrogens with one attached hydrogen (secondary N) is 1. The van der Waals surface area contributed by atoms with E-state index in [1.165, 1.54) is 37.7 Å². The monoisotopic (exact) mass is 434 g/mol. The number of carbonyl (C=O) groups is 1. The predicted molar refractivity (Wildman–Crippen MR) is 116 cm³/mol. The Morgan fingerprint density at radius 3 is 1.93 bits per heavy atom. The highest BCUT2D eigenvalue weighted by atomic mass is 32.3. The SMILES string of the molecule is C/C(=N/Nc1ccc(C(=O)O)cc1)c1ccc(C2CCCCC2)cc1.O=S(=O)(O)O. The third-order valence-corrected chi connectivity index (χ3v) is 4.89. The highest BCUT2D eigenvalue weighted by Gasteiger charge is 2.15. The second kappa shape index (κ2) is 10.9. The molecule has 1 saturated carbocycles. The molecule has 1 fully saturated rings. The molecule has 0 aliphatic heterocycles. The van der Waals surface area contributed by atoms with Crippen molar-refractivity contribution in [3.05, 3.63) is 65.2 Å². The number of benzene rings is 2. The summed E-state index contributed by atoms with van der Waals surface area (Å²) in [7, 11) is -4.67. The van der Waals surface area contributed by atoms with Gasteiger partial charge >= 0.3 is 16.4 Å². The molecule has 9 heteroatoms. The molecule has 2 aromatic rings. The lowest BCUT2D eigenvalue weighted by Crippen LogP contribution is -2.05. The Labute approximate surface area is 176 Å². The molecule has 0 saturated heterocycles. The van der Waals surface area contributed by atoms with Crippen molar-refractivity contribution in [1.82, 2.24) is 0 Å². The van der Waals surface area contributed by atoms with Gasteiger partial charge in [0.2, 0.25) is 0 Å². The van der Waals surface area contributed by atoms with Crippen LogP contribution in [0.15, 0.2) is 53.6 Å². The first-order chi connectivity index (χ1) is 14.1. The van der Waals surface area contributed by atoms with Crippen molar-refractivity contribution in [2.45, 2.75) is 44.9 Å². The first kappa shape index (κ1) is 23.5. The summed E-state index contributed by atoms with van der Waals surface area (Å²) in [6.07, 6.45) is 6.68. The van der Waals surface area contributed by atoms with Gasteiger partial charge in [0.25, 0.3) is 0 Å². The smallest absolute Gasteiger partial charge is 0.394 e. The predicted octanol–water partition coefficient (Wildman–Crippen LogP) is 4.62. The van der Waals surface area contributed by atoms with Crippen LogP contribution >= 0.6 is 0 Å². The van der Waals surface area contributed by atoms with Crippen LogP contribution in [-0.2, 0) is 10.4 Å². The van der Waals surface area contributed by atoms with E-state index in [1.807, 2.05) is 6.92 Å². The van der Waals surface area contributed by atoms with Gasteiger partial charge in [-0.1, -0.05) is 43.5 Å². The minimum Gasteiger partial charge on any atom is -0.478 e. The van der Waals surface area contributed by atoms with Crippen LogP contribution in [0.2, 0.25) is 0 Å². The van der Waals surface area contributed by atoms with Crippen molar-refractivity contribution in [2.24, 2.45) is 5.10 Å². The van der Waals surface area contributed by atoms with Crippen LogP contribution in [0.5, 0.6) is 0 Å². The molecule has 162 valence electrons. The molecule has 0 atom stereocenters. The van der Waals surface area contributed by atoms with E-state index in [9.17, 15) is 4.79 Å². The molecule has 1 aliphatic carbocycles. The topological polar surface area (TPSA) is 136 Å². The highest BCUT2D eigenvalue weighted by Crippen LogP contribution is 2.32. The second-order valence-corrected chi connectivity index (χ2v) is 7.99. The van der Waals surface area contributed by atoms with Crippen molar-refractivity contribution in [2.75, 3.05) is 5.43 Å². The molecular formula is C21H26N2O6S. The molecule has 1 aliphatic rings. The normalized spacial score (nSPS) is 15.1. The van der Waals surface area contributed by atoms with Crippen molar-refractivity contribution in [3.63, 3.8) is 0 Å². The summed E-state index contributed by atoms with van der Waals surface area (Å²) in [6, 6.07) is 15.3. The van der Waals surface area contributed by atoms with Crippen LogP contribution in [0.1, 0.15) is 66.4 Å². The molecule has 0 bridgehead atoms. The van der Waals surface area contributed by atoms with E-state index in [-0.39, 0.29) is 5.56 Å². The summed E-state index contributed by atoms with van der Waals surface area (Å²) in [6.45, 7) is 1.97. The van der Waals surface area contributed by atoms with E-state index >= 15 is 0 Å². The van der Waals surface area contributed by atoms with Gasteiger partial charge in [-0.3, -0.25) is 14.5 Å². The van der Waals surface area contributed by atoms with E-state index in [2.05, 4.69) is 34.8 Å². The molecule has 0 unspecified atom stereocenters. The Hall–Kier alpha value is -2.75. The number of nitrogens with zero attached hydrogens (tertiary/aromatic N) is 1. The molecule has 0 heterocycles. The lowest BCUT2D eigenvalue weighted by molar-refractivity contribution is 0.0697. The van der Waals surface area contributed by atoms with Gasteiger partial charge in [0, 0.05) is 0 Å². The maximum atomic E-state index is 10.9. The zero-order chi connectivity index (χ0) is 22.1. The lowest BCUT2D eigenvalue weighted by Gasteiger charge is -2.22. The Bertz CT molecular complexity index is 956. The molecule has 8 nitrogen and oxygen atoms in total. The number of carboxylic acid groups (broad SMARTS) is 1. The molecule has 30 heavy (non-hydrogen) atoms. The molecule has 0 radical (unpaired) electrons. The van der Waals surface area contributed by atoms with Gasteiger partial charge in [-0.05, 0) is 61.1 Å². The Morgan fingerprint density at radius 1 is 0.933 bits per heavy atom. The van der Waals surface area contributed by atoms with Crippen LogP contribution in [0, 0.1) is 0 Å². The summed E-state index contributed by atoms with van der Waals surface area (Å²) < 4.78 is 31.6. The molecule has 0 aromatic heterocycles. The highest BCUT2D eigenvalue weighted by molar-refractivity contribution is 7.79. The van der Waals surface area contributed by atoms with Crippen molar-refractivity contribution < 1.29 is 27.4 Å². The fourth-order valence-electron chi connectivity index (χ4n) is 3.33. The number of hydrogen-bond acceptors (Lipinski definition) is 5. The quantitative estimate of drug-likeness (QED) is 0.306. The summed E-state index contributed by atoms with van der Waals surface area (Å²) in [4.78, 5) is 10.9. The van der Waals surface area contributed by atoms with E-state index < -0.39 is 16.4 Å². The molecule has 0 amide bonds. The summed E-state index contributed by atoms with van der Waals surface area (Å²) >= 11 is 0. The maximum absolute atomic E-state index is 10.9. The molecule has 0 spiro atoms. The third-order valence-electron chi connectivity index (χ3n) is 4.89. The van der Waals surface area contributed by atoms with Gasteiger partial charge < -0.3 is 5.11 Å². The number of carboxylic acids is 1. The fourth-order valence-corrected chi connectivity index (χ4v) is 3.33. The fraction of sp³-hybridized carbons (Fsp3) is 0.333. The van der Waals surface area contributed by atoms with Gasteiger partial charge in [-0.2, -0.15) is 13.5 Å². The number of anilines is 1. The van der Waals surface area contributed by atoms with Crippen LogP contribution < -0.4 is 5.43 Å². The van der Waals surface area contributed by atoms with Gasteiger partial charge in [0.15, 0.2) is 0 Å². The van der Waals surface area contributed by atoms with Crippen LogP contribution in [0.3, 0.4) is 0 Å². The number of hydrogen-bond donors (Lipinski definition) is 4. The largest absolute Gasteiger partial charge is 0.478 e. The second-order valence-electron chi connectivity index (χ2n) is 7.10. The van der Waals surface area contributed by atoms with Crippen molar-refractivity contribution >= 4 is 27.8 Å². The van der Waals surface area contributed by atoms with E-state index in [4.69, 9.17) is 22.6 Å². The maximum Gasteiger partial charge on any atom is 0.394 e. The third kappa shape index (κ3) is 8.32. The molecular weight excluding hydrogens is 408 g/mol. The van der Waals surface area contributed by atoms with Crippen molar-refractivity contribution in [1.29, 1.82) is 0 Å². The molecule has 2 aromatic carbocycles. The van der Waals surface area contributed by atoms with Crippen LogP contribution in [-0.4, -0.2) is 34.3 Å². The minimum absolute atomic E-state index is 0.268. The first-order valence-electron chi connectivity index (χ1n) is 9.57. The van der Waals surface area contributed by atoms with Crippen LogP contribution in [0.4, 0.5) is 5.69 Å². The molecule has 4 N–H and O–H groups in total. The van der Waals surface area contributed by atoms with Gasteiger partial charge in [-0.25, -0.2) is 4.79 Å². The van der Waals surface area contributed by atoms with Gasteiger partial charge in [-0.15, -0.1) is 0 Å². The number of hydrazone groups is 1. The average molecular weight is 435 g/mol. The first-order valence-corrected chi connectivity index (χ1v) is 11.0. The Morgan fingerprint density at radius 2 is 1.43 bits per heavy atom. The number of rotatable bonds is 5. The summed E-state index contributed by atoms with van der Waals surface area (Å²) in [5.74, 6) is -0.213. The van der Waals surface area contributed by atoms with Crippen LogP contribution in [0.25, 0.3) is 0 Å². The average Bonchev–Trinajstić information content (AvgIpc) is 2.72. The zero-order valence-electron chi connectivity index (χ0n) is 16.7. The Kier molecular flexibility index (Phi) is 8.52. The lowest BCUT2D eigenvalue weighted by atomic mass is 9.84. The van der Waals surface area contributed by atoms with E-state index in [0.717, 1.165) is 17.0 Å². The Balaban J connectivity index is 0.000000575. The van der Waals surface area contributed by atoms with Gasteiger partial charge in [0.1, 0.15) is 0 Å². The van der Waals surface area contributed by atoms with E-state index in [0.29, 0.717) is 5.92 Å². The van der Waals surface area contributed by atoms with Crippen molar-refractivity contribution in [3.8, 4) is 0 Å². The van der Waals surface area contributed by atoms with Gasteiger partial charge in [0.05, 0.1) is 17.0 Å². The number of aromatic carboxylic acids is 1. The zero-order valence-corrected chi connectivity index (χ0v) is 17.5. The summed E-state index contributed by atoms with van der Waals surface area (Å²) in [5.41, 5.74) is 7.45. The van der Waals surface area contributed by atoms with E-state index in [1.54, 1.807) is 24.3 Å². The minimum atomic E-state index is -4.67. The summed E-state index contributed by atoms with van der Waals surface area (Å²) in [5, 5.41) is 13.3.